The SMILES string of the molecule is CC(C)[N-]C(C)[N-]C(C)C.COCC1CCCC1.[CH3-].[La+3]. The molecule has 1 saturated carbocycles. The molecule has 0 amide bonds. The van der Waals surface area contributed by atoms with Crippen molar-refractivity contribution < 1.29 is 40.3 Å². The zero-order chi connectivity index (χ0) is 14.0. The van der Waals surface area contributed by atoms with Crippen LogP contribution >= 0.6 is 0 Å². The molecule has 3 nitrogen and oxygen atoms in total. The van der Waals surface area contributed by atoms with Crippen molar-refractivity contribution >= 4 is 0 Å². The Morgan fingerprint density at radius 3 is 1.65 bits per heavy atom. The second-order valence-corrected chi connectivity index (χ2v) is 5.72. The summed E-state index contributed by atoms with van der Waals surface area (Å²) in [4.78, 5) is 0. The maximum Gasteiger partial charge on any atom is 3.00 e. The van der Waals surface area contributed by atoms with Crippen LogP contribution in [0.5, 0.6) is 0 Å². The molecule has 0 saturated heterocycles. The van der Waals surface area contributed by atoms with Crippen molar-refractivity contribution in [2.75, 3.05) is 13.7 Å². The Kier molecular flexibility index (Phi) is 21.4. The molecule has 0 spiro atoms. The van der Waals surface area contributed by atoms with Crippen molar-refractivity contribution in [2.45, 2.75) is 78.6 Å². The number of hydrogen-bond donors (Lipinski definition) is 0. The first-order valence-electron chi connectivity index (χ1n) is 7.34. The standard InChI is InChI=1S/C8H18N2.C7H14O.CH3.La/c1-6(2)9-8(5)10-7(3)4;1-8-6-7-4-2-3-5-7;;/h6-8H,1-5H3;7H,2-6H2,1H3;1H3;/q-2;;-1;+3. The topological polar surface area (TPSA) is 37.4 Å². The number of methoxy groups -OCH3 is 1. The van der Waals surface area contributed by atoms with Gasteiger partial charge in [-0.2, -0.15) is 0 Å². The van der Waals surface area contributed by atoms with Gasteiger partial charge in [0, 0.05) is 13.7 Å². The van der Waals surface area contributed by atoms with Crippen LogP contribution < -0.4 is 0 Å². The smallest absolute Gasteiger partial charge is 0.676 e. The van der Waals surface area contributed by atoms with Gasteiger partial charge in [0.1, 0.15) is 0 Å². The van der Waals surface area contributed by atoms with E-state index in [1.54, 1.807) is 7.11 Å². The van der Waals surface area contributed by atoms with E-state index in [0.717, 1.165) is 12.5 Å². The first-order chi connectivity index (χ1) is 8.45. The van der Waals surface area contributed by atoms with Crippen LogP contribution in [0.3, 0.4) is 0 Å². The molecule has 0 aromatic carbocycles. The molecular formula is C16H35LaN2O. The normalized spacial score (nSPS) is 14.8. The minimum absolute atomic E-state index is 0. The van der Waals surface area contributed by atoms with Crippen LogP contribution in [-0.4, -0.2) is 32.0 Å². The van der Waals surface area contributed by atoms with Gasteiger partial charge in [0.2, 0.25) is 0 Å². The van der Waals surface area contributed by atoms with Crippen molar-refractivity contribution in [2.24, 2.45) is 5.92 Å². The van der Waals surface area contributed by atoms with E-state index in [4.69, 9.17) is 4.74 Å². The zero-order valence-electron chi connectivity index (χ0n) is 14.7. The van der Waals surface area contributed by atoms with Gasteiger partial charge in [-0.05, 0) is 18.8 Å². The molecule has 4 heteroatoms. The molecule has 20 heavy (non-hydrogen) atoms. The number of ether oxygens (including phenoxy) is 1. The molecule has 0 unspecified atom stereocenters. The third-order valence-electron chi connectivity index (χ3n) is 2.90. The summed E-state index contributed by atoms with van der Waals surface area (Å²) in [5.41, 5.74) is 0. The largest absolute Gasteiger partial charge is 3.00 e. The zero-order valence-corrected chi connectivity index (χ0v) is 18.4. The Balaban J connectivity index is -0.000000266. The summed E-state index contributed by atoms with van der Waals surface area (Å²) in [5, 5.41) is 8.70. The third-order valence-corrected chi connectivity index (χ3v) is 2.90. The Bertz CT molecular complexity index is 173. The van der Waals surface area contributed by atoms with Crippen molar-refractivity contribution in [1.82, 2.24) is 0 Å². The van der Waals surface area contributed by atoms with Gasteiger partial charge in [-0.15, -0.1) is 19.0 Å². The molecule has 0 atom stereocenters. The van der Waals surface area contributed by atoms with Crippen molar-refractivity contribution in [3.05, 3.63) is 18.1 Å². The third kappa shape index (κ3) is 17.1. The summed E-state index contributed by atoms with van der Waals surface area (Å²) >= 11 is 0. The fourth-order valence-corrected chi connectivity index (χ4v) is 2.31. The Morgan fingerprint density at radius 2 is 1.35 bits per heavy atom. The molecule has 1 aliphatic carbocycles. The van der Waals surface area contributed by atoms with E-state index < -0.39 is 0 Å². The fraction of sp³-hybridized carbons (Fsp3) is 0.938. The van der Waals surface area contributed by atoms with E-state index in [0.29, 0.717) is 12.1 Å². The van der Waals surface area contributed by atoms with Crippen molar-refractivity contribution in [3.63, 3.8) is 0 Å². The summed E-state index contributed by atoms with van der Waals surface area (Å²) in [6.07, 6.45) is 5.81. The van der Waals surface area contributed by atoms with Gasteiger partial charge >= 0.3 is 35.6 Å². The summed E-state index contributed by atoms with van der Waals surface area (Å²) in [7, 11) is 1.79. The van der Waals surface area contributed by atoms with Crippen molar-refractivity contribution in [1.29, 1.82) is 0 Å². The Labute approximate surface area is 156 Å². The average Bonchev–Trinajstić information content (AvgIpc) is 2.69. The Hall–Kier alpha value is 1.07. The van der Waals surface area contributed by atoms with Gasteiger partial charge in [-0.3, -0.25) is 0 Å². The molecule has 1 rings (SSSR count). The molecule has 0 heterocycles. The van der Waals surface area contributed by atoms with E-state index in [2.05, 4.69) is 38.3 Å². The number of hydrogen-bond acceptors (Lipinski definition) is 1. The predicted molar refractivity (Wildman–Crippen MR) is 86.7 cm³/mol. The van der Waals surface area contributed by atoms with Crippen LogP contribution in [0.15, 0.2) is 0 Å². The second-order valence-electron chi connectivity index (χ2n) is 5.72. The monoisotopic (exact) mass is 410 g/mol. The van der Waals surface area contributed by atoms with Gasteiger partial charge in [0.25, 0.3) is 0 Å². The molecule has 1 aliphatic rings. The van der Waals surface area contributed by atoms with Gasteiger partial charge in [0.15, 0.2) is 0 Å². The molecule has 0 N–H and O–H groups in total. The van der Waals surface area contributed by atoms with E-state index in [1.807, 2.05) is 6.92 Å². The van der Waals surface area contributed by atoms with Crippen molar-refractivity contribution in [3.8, 4) is 0 Å². The van der Waals surface area contributed by atoms with E-state index in [1.165, 1.54) is 25.7 Å². The predicted octanol–water partition coefficient (Wildman–Crippen LogP) is 5.17. The minimum atomic E-state index is 0. The fourth-order valence-electron chi connectivity index (χ4n) is 2.31. The molecule has 118 valence electrons. The average molecular weight is 410 g/mol. The van der Waals surface area contributed by atoms with Crippen LogP contribution in [0.4, 0.5) is 0 Å². The van der Waals surface area contributed by atoms with Gasteiger partial charge in [-0.25, -0.2) is 6.17 Å². The first-order valence-corrected chi connectivity index (χ1v) is 7.34. The summed E-state index contributed by atoms with van der Waals surface area (Å²) < 4.78 is 5.03. The van der Waals surface area contributed by atoms with Crippen LogP contribution in [0.25, 0.3) is 10.6 Å². The van der Waals surface area contributed by atoms with E-state index in [-0.39, 0.29) is 49.2 Å². The van der Waals surface area contributed by atoms with Crippen LogP contribution in [0, 0.1) is 48.9 Å². The summed E-state index contributed by atoms with van der Waals surface area (Å²) in [5.74, 6) is 0.889. The molecule has 0 aromatic heterocycles. The molecular weight excluding hydrogens is 375 g/mol. The first kappa shape index (κ1) is 26.0. The molecule has 0 aromatic rings. The number of nitrogens with zero attached hydrogens (tertiary/aromatic N) is 2. The van der Waals surface area contributed by atoms with E-state index in [9.17, 15) is 0 Å². The molecule has 0 aliphatic heterocycles. The minimum Gasteiger partial charge on any atom is -0.676 e. The van der Waals surface area contributed by atoms with Gasteiger partial charge in [0.05, 0.1) is 0 Å². The molecule has 0 radical (unpaired) electrons. The van der Waals surface area contributed by atoms with Crippen LogP contribution in [0.2, 0.25) is 0 Å². The second kappa shape index (κ2) is 16.4. The van der Waals surface area contributed by atoms with Crippen LogP contribution in [0.1, 0.15) is 60.3 Å². The maximum atomic E-state index is 5.03. The quantitative estimate of drug-likeness (QED) is 0.557. The number of rotatable bonds is 6. The summed E-state index contributed by atoms with van der Waals surface area (Å²) in [6, 6.07) is 0.801. The molecule has 1 fully saturated rings. The maximum absolute atomic E-state index is 5.03. The van der Waals surface area contributed by atoms with Crippen LogP contribution in [-0.2, 0) is 4.74 Å². The van der Waals surface area contributed by atoms with Gasteiger partial charge in [-0.1, -0.05) is 40.5 Å². The molecule has 0 bridgehead atoms. The summed E-state index contributed by atoms with van der Waals surface area (Å²) in [6.45, 7) is 11.3. The van der Waals surface area contributed by atoms with Gasteiger partial charge < -0.3 is 22.8 Å². The van der Waals surface area contributed by atoms with E-state index >= 15 is 0 Å². The Morgan fingerprint density at radius 1 is 0.950 bits per heavy atom.